The average Bonchev–Trinajstić information content (AvgIpc) is 3.74. The van der Waals surface area contributed by atoms with Crippen LogP contribution in [0.5, 0.6) is 0 Å². The van der Waals surface area contributed by atoms with E-state index in [1.54, 1.807) is 0 Å². The molecule has 0 radical (unpaired) electrons. The van der Waals surface area contributed by atoms with E-state index in [9.17, 15) is 48.7 Å². The minimum atomic E-state index is -6.30. The van der Waals surface area contributed by atoms with Gasteiger partial charge in [0, 0.05) is 30.9 Å². The number of aromatic nitrogens is 1. The summed E-state index contributed by atoms with van der Waals surface area (Å²) in [6.07, 6.45) is -14.4. The Morgan fingerprint density at radius 1 is 0.860 bits per heavy atom. The monoisotopic (exact) mass is 641 g/mol. The van der Waals surface area contributed by atoms with Crippen molar-refractivity contribution in [1.82, 2.24) is 9.88 Å². The number of anilines is 1. The summed E-state index contributed by atoms with van der Waals surface area (Å²) in [4.78, 5) is 19.0. The van der Waals surface area contributed by atoms with Crippen molar-refractivity contribution in [2.45, 2.75) is 56.0 Å². The molecule has 1 aliphatic carbocycles. The lowest BCUT2D eigenvalue weighted by Crippen LogP contribution is -2.50. The summed E-state index contributed by atoms with van der Waals surface area (Å²) >= 11 is 6.06. The molecule has 15 heteroatoms. The number of carbonyl (C=O) groups excluding carboxylic acids is 1. The molecule has 0 atom stereocenters. The highest BCUT2D eigenvalue weighted by molar-refractivity contribution is 6.31. The third-order valence-corrected chi connectivity index (χ3v) is 6.93. The molecule has 0 spiro atoms. The Kier molecular flexibility index (Phi) is 8.92. The Morgan fingerprint density at radius 3 is 2.05 bits per heavy atom. The highest BCUT2D eigenvalue weighted by Crippen LogP contribution is 2.53. The molecule has 1 aromatic heterocycles. The second-order valence-corrected chi connectivity index (χ2v) is 10.4. The van der Waals surface area contributed by atoms with Crippen LogP contribution < -0.4 is 5.32 Å². The van der Waals surface area contributed by atoms with Crippen LogP contribution in [0.4, 0.5) is 49.7 Å². The Bertz CT molecular complexity index is 1440. The molecule has 1 N–H and O–H groups in total. The molecular weight excluding hydrogens is 620 g/mol. The number of benzene rings is 2. The van der Waals surface area contributed by atoms with Crippen molar-refractivity contribution in [3.05, 3.63) is 93.6 Å². The Hall–Kier alpha value is -3.55. The number of carbonyl (C=O) groups is 1. The number of nitrogens with zero attached hydrogens (tertiary/aromatic N) is 2. The van der Waals surface area contributed by atoms with Crippen molar-refractivity contribution < 1.29 is 48.7 Å². The predicted molar refractivity (Wildman–Crippen MR) is 137 cm³/mol. The van der Waals surface area contributed by atoms with Crippen molar-refractivity contribution in [3.8, 4) is 0 Å². The fraction of sp³-hybridized carbons (Fsp3) is 0.357. The summed E-state index contributed by atoms with van der Waals surface area (Å²) < 4.78 is 133. The second-order valence-electron chi connectivity index (χ2n) is 9.99. The molecule has 1 aliphatic rings. The largest absolute Gasteiger partial charge is 0.435 e. The molecule has 1 saturated carbocycles. The maximum absolute atomic E-state index is 14.5. The number of pyridine rings is 1. The highest BCUT2D eigenvalue weighted by atomic mass is 35.5. The lowest BCUT2D eigenvalue weighted by molar-refractivity contribution is -0.348. The van der Waals surface area contributed by atoms with E-state index in [0.717, 1.165) is 42.0 Å². The van der Waals surface area contributed by atoms with Gasteiger partial charge in [-0.15, -0.1) is 0 Å². The number of nitrogens with one attached hydrogen (secondary N) is 1. The maximum atomic E-state index is 14.5. The van der Waals surface area contributed by atoms with Crippen molar-refractivity contribution in [3.63, 3.8) is 0 Å². The minimum absolute atomic E-state index is 0.00280. The van der Waals surface area contributed by atoms with Gasteiger partial charge in [-0.3, -0.25) is 4.79 Å². The van der Waals surface area contributed by atoms with Crippen LogP contribution in [0.15, 0.2) is 60.8 Å². The summed E-state index contributed by atoms with van der Waals surface area (Å²) in [7, 11) is 0. The number of rotatable bonds is 9. The molecule has 43 heavy (non-hydrogen) atoms. The fourth-order valence-corrected chi connectivity index (χ4v) is 4.43. The number of alkyl halides is 10. The molecule has 2 aromatic carbocycles. The first-order chi connectivity index (χ1) is 19.9. The van der Waals surface area contributed by atoms with Gasteiger partial charge in [0.25, 0.3) is 5.91 Å². The number of halogens is 11. The normalized spacial score (nSPS) is 14.5. The van der Waals surface area contributed by atoms with Crippen LogP contribution in [0.2, 0.25) is 5.02 Å². The second kappa shape index (κ2) is 11.9. The summed E-state index contributed by atoms with van der Waals surface area (Å²) in [6, 6.07) is 7.99. The van der Waals surface area contributed by atoms with Gasteiger partial charge in [-0.25, -0.2) is 9.37 Å². The fourth-order valence-electron chi connectivity index (χ4n) is 4.28. The van der Waals surface area contributed by atoms with E-state index < -0.39 is 47.8 Å². The van der Waals surface area contributed by atoms with Crippen molar-refractivity contribution in [2.75, 3.05) is 11.9 Å². The smallest absolute Gasteiger partial charge is 0.367 e. The molecule has 3 aromatic rings. The van der Waals surface area contributed by atoms with Crippen molar-refractivity contribution >= 4 is 23.3 Å². The zero-order chi connectivity index (χ0) is 31.8. The van der Waals surface area contributed by atoms with Gasteiger partial charge in [0.2, 0.25) is 0 Å². The first kappa shape index (κ1) is 32.4. The molecule has 0 bridgehead atoms. The molecule has 0 aliphatic heterocycles. The molecule has 1 fully saturated rings. The van der Waals surface area contributed by atoms with Gasteiger partial charge in [-0.05, 0) is 42.5 Å². The SMILES string of the molecule is O=C(c1cc(Cl)cnc1NC1CC1)N(CCc1cccc(C(F)(F)F)c1)Cc1ccc(C(F)(C(F)(F)F)C(F)(F)F)cc1. The van der Waals surface area contributed by atoms with Gasteiger partial charge in [-0.2, -0.15) is 39.5 Å². The molecule has 232 valence electrons. The van der Waals surface area contributed by atoms with E-state index in [1.165, 1.54) is 24.4 Å². The lowest BCUT2D eigenvalue weighted by atomic mass is 9.93. The third-order valence-electron chi connectivity index (χ3n) is 6.72. The standard InChI is InChI=1S/C28H22ClF10N3O/c29-20-13-22(23(40-14-20)41-21-8-9-21)24(43)42(11-10-16-2-1-3-19(12-16)26(31,32)33)15-17-4-6-18(7-5-17)25(30,27(34,35)36)28(37,38)39/h1-7,12-14,21H,8-11,15H2,(H,40,41). The lowest BCUT2D eigenvalue weighted by Gasteiger charge is -2.30. The van der Waals surface area contributed by atoms with Gasteiger partial charge >= 0.3 is 24.2 Å². The molecule has 1 heterocycles. The number of amides is 1. The van der Waals surface area contributed by atoms with Crippen LogP contribution >= 0.6 is 11.6 Å². The van der Waals surface area contributed by atoms with E-state index in [2.05, 4.69) is 10.3 Å². The van der Waals surface area contributed by atoms with Crippen LogP contribution in [-0.4, -0.2) is 40.7 Å². The van der Waals surface area contributed by atoms with E-state index in [0.29, 0.717) is 12.1 Å². The van der Waals surface area contributed by atoms with Gasteiger partial charge in [-0.1, -0.05) is 54.1 Å². The zero-order valence-electron chi connectivity index (χ0n) is 21.8. The molecular formula is C28H22ClF10N3O. The van der Waals surface area contributed by atoms with Crippen LogP contribution in [-0.2, 0) is 24.8 Å². The maximum Gasteiger partial charge on any atom is 0.435 e. The van der Waals surface area contributed by atoms with Crippen LogP contribution in [0.1, 0.15) is 45.5 Å². The van der Waals surface area contributed by atoms with Crippen LogP contribution in [0, 0.1) is 0 Å². The van der Waals surface area contributed by atoms with E-state index in [4.69, 9.17) is 11.6 Å². The first-order valence-electron chi connectivity index (χ1n) is 12.7. The summed E-state index contributed by atoms with van der Waals surface area (Å²) in [5, 5.41) is 3.15. The minimum Gasteiger partial charge on any atom is -0.367 e. The molecule has 0 saturated heterocycles. The first-order valence-corrected chi connectivity index (χ1v) is 13.1. The molecule has 1 amide bonds. The molecule has 4 rings (SSSR count). The van der Waals surface area contributed by atoms with Gasteiger partial charge in [0.15, 0.2) is 0 Å². The van der Waals surface area contributed by atoms with Crippen LogP contribution in [0.25, 0.3) is 0 Å². The van der Waals surface area contributed by atoms with E-state index >= 15 is 0 Å². The Balaban J connectivity index is 1.66. The Morgan fingerprint density at radius 2 is 1.49 bits per heavy atom. The predicted octanol–water partition coefficient (Wildman–Crippen LogP) is 8.50. The third kappa shape index (κ3) is 7.34. The van der Waals surface area contributed by atoms with Crippen molar-refractivity contribution in [1.29, 1.82) is 0 Å². The van der Waals surface area contributed by atoms with E-state index in [-0.39, 0.29) is 46.5 Å². The zero-order valence-corrected chi connectivity index (χ0v) is 22.6. The molecule has 0 unspecified atom stereocenters. The highest BCUT2D eigenvalue weighted by Gasteiger charge is 2.73. The van der Waals surface area contributed by atoms with Crippen LogP contribution in [0.3, 0.4) is 0 Å². The van der Waals surface area contributed by atoms with Crippen molar-refractivity contribution in [2.24, 2.45) is 0 Å². The topological polar surface area (TPSA) is 45.2 Å². The van der Waals surface area contributed by atoms with Gasteiger partial charge in [0.1, 0.15) is 5.82 Å². The summed E-state index contributed by atoms with van der Waals surface area (Å²) in [6.45, 7) is -0.611. The molecule has 4 nitrogen and oxygen atoms in total. The van der Waals surface area contributed by atoms with E-state index in [1.807, 2.05) is 0 Å². The van der Waals surface area contributed by atoms with Gasteiger partial charge in [0.05, 0.1) is 16.1 Å². The quantitative estimate of drug-likeness (QED) is 0.238. The average molecular weight is 642 g/mol. The Labute approximate surface area is 243 Å². The number of hydrogen-bond donors (Lipinski definition) is 1. The summed E-state index contributed by atoms with van der Waals surface area (Å²) in [5.41, 5.74) is -8.02. The van der Waals surface area contributed by atoms with Gasteiger partial charge < -0.3 is 10.2 Å². The number of hydrogen-bond acceptors (Lipinski definition) is 3. The summed E-state index contributed by atoms with van der Waals surface area (Å²) in [5.74, 6) is -0.534.